The monoisotopic (exact) mass is 522 g/mol. The highest BCUT2D eigenvalue weighted by Crippen LogP contribution is 2.58. The molecule has 1 aliphatic heterocycles. The highest BCUT2D eigenvalue weighted by atomic mass is 31.3. The SMILES string of the molecule is C[C@@]1(O)[C@H](O)[C@@H](COP(=O)(O)OP(=O)(O)O)O[C@H]1n1cc(C#CN(N)C=O)c2c(N)ncnc21. The van der Waals surface area contributed by atoms with Gasteiger partial charge in [0, 0.05) is 12.2 Å². The minimum atomic E-state index is -5.36. The van der Waals surface area contributed by atoms with Crippen molar-refractivity contribution in [2.24, 2.45) is 5.84 Å². The molecule has 0 radical (unpaired) electrons. The number of carbonyl (C=O) groups excluding carboxylic acids is 1. The van der Waals surface area contributed by atoms with Crippen molar-refractivity contribution in [1.82, 2.24) is 19.5 Å². The molecule has 0 bridgehead atoms. The lowest BCUT2D eigenvalue weighted by Gasteiger charge is -2.27. The fourth-order valence-electron chi connectivity index (χ4n) is 3.24. The quantitative estimate of drug-likeness (QED) is 0.0390. The average Bonchev–Trinajstić information content (AvgIpc) is 3.19. The molecule has 0 aliphatic carbocycles. The Hall–Kier alpha value is -2.45. The van der Waals surface area contributed by atoms with E-state index in [0.717, 1.165) is 6.33 Å². The van der Waals surface area contributed by atoms with E-state index in [1.807, 2.05) is 0 Å². The number of carbonyl (C=O) groups is 1. The molecule has 5 atom stereocenters. The maximum absolute atomic E-state index is 11.7. The van der Waals surface area contributed by atoms with Gasteiger partial charge in [-0.3, -0.25) is 9.32 Å². The molecule has 2 aromatic heterocycles. The molecule has 3 heterocycles. The second kappa shape index (κ2) is 9.30. The molecule has 0 saturated carbocycles. The van der Waals surface area contributed by atoms with Crippen molar-refractivity contribution in [3.8, 4) is 12.0 Å². The van der Waals surface area contributed by atoms with Crippen molar-refractivity contribution >= 4 is 38.9 Å². The van der Waals surface area contributed by atoms with Crippen molar-refractivity contribution in [1.29, 1.82) is 0 Å². The number of ether oxygens (including phenoxy) is 1. The number of hydrogen-bond acceptors (Lipinski definition) is 12. The van der Waals surface area contributed by atoms with Gasteiger partial charge < -0.3 is 39.9 Å². The lowest BCUT2D eigenvalue weighted by Crippen LogP contribution is -2.44. The molecule has 9 N–H and O–H groups in total. The molecule has 0 spiro atoms. The van der Waals surface area contributed by atoms with E-state index in [9.17, 15) is 29.0 Å². The van der Waals surface area contributed by atoms with Crippen molar-refractivity contribution in [3.05, 3.63) is 18.1 Å². The van der Waals surface area contributed by atoms with Gasteiger partial charge in [0.05, 0.1) is 17.6 Å². The maximum Gasteiger partial charge on any atom is 0.481 e. The van der Waals surface area contributed by atoms with Crippen LogP contribution in [-0.4, -0.2) is 75.3 Å². The largest absolute Gasteiger partial charge is 0.481 e. The van der Waals surface area contributed by atoms with Gasteiger partial charge in [0.15, 0.2) is 6.23 Å². The molecular weight excluding hydrogens is 502 g/mol. The predicted octanol–water partition coefficient (Wildman–Crippen LogP) is -2.11. The highest BCUT2D eigenvalue weighted by Gasteiger charge is 2.54. The first kappa shape index (κ1) is 26.2. The predicted molar refractivity (Wildman–Crippen MR) is 110 cm³/mol. The lowest BCUT2D eigenvalue weighted by atomic mass is 9.96. The van der Waals surface area contributed by atoms with Gasteiger partial charge in [0.25, 0.3) is 0 Å². The molecule has 17 nitrogen and oxygen atoms in total. The average molecular weight is 522 g/mol. The molecule has 1 aliphatic rings. The van der Waals surface area contributed by atoms with Crippen molar-refractivity contribution < 1.29 is 52.4 Å². The van der Waals surface area contributed by atoms with Gasteiger partial charge in [-0.1, -0.05) is 0 Å². The Morgan fingerprint density at radius 1 is 1.38 bits per heavy atom. The Bertz CT molecular complexity index is 1250. The van der Waals surface area contributed by atoms with E-state index in [0.29, 0.717) is 5.01 Å². The van der Waals surface area contributed by atoms with E-state index >= 15 is 0 Å². The molecule has 0 aromatic carbocycles. The van der Waals surface area contributed by atoms with Crippen molar-refractivity contribution in [3.63, 3.8) is 0 Å². The Morgan fingerprint density at radius 3 is 2.68 bits per heavy atom. The van der Waals surface area contributed by atoms with Crippen LogP contribution in [0.4, 0.5) is 5.82 Å². The number of aromatic nitrogens is 3. The van der Waals surface area contributed by atoms with Crippen LogP contribution in [0.3, 0.4) is 0 Å². The van der Waals surface area contributed by atoms with Crippen LogP contribution >= 0.6 is 15.6 Å². The van der Waals surface area contributed by atoms with Crippen LogP contribution in [0.25, 0.3) is 11.0 Å². The van der Waals surface area contributed by atoms with Crippen LogP contribution in [0.2, 0.25) is 0 Å². The number of aliphatic hydroxyl groups is 2. The number of fused-ring (bicyclic) bond motifs is 1. The number of nitrogens with zero attached hydrogens (tertiary/aromatic N) is 4. The number of nitrogen functional groups attached to an aromatic ring is 1. The zero-order chi connectivity index (χ0) is 25.5. The van der Waals surface area contributed by atoms with Gasteiger partial charge in [-0.25, -0.2) is 29.9 Å². The second-order valence-corrected chi connectivity index (χ2v) is 10.0. The number of phosphoric ester groups is 1. The Labute approximate surface area is 190 Å². The molecule has 3 rings (SSSR count). The molecule has 1 unspecified atom stereocenters. The number of hydrogen-bond donors (Lipinski definition) is 7. The zero-order valence-corrected chi connectivity index (χ0v) is 19.0. The van der Waals surface area contributed by atoms with Crippen LogP contribution in [-0.2, 0) is 27.5 Å². The third-order valence-corrected chi connectivity index (χ3v) is 6.84. The van der Waals surface area contributed by atoms with E-state index in [2.05, 4.69) is 30.8 Å². The summed E-state index contributed by atoms with van der Waals surface area (Å²) in [6.45, 7) is 0.300. The summed E-state index contributed by atoms with van der Waals surface area (Å²) in [7, 11) is -10.6. The topological polar surface area (TPSA) is 266 Å². The Kier molecular flexibility index (Phi) is 7.16. The smallest absolute Gasteiger partial charge is 0.387 e. The molecule has 2 aromatic rings. The first-order valence-corrected chi connectivity index (χ1v) is 12.1. The normalized spacial score (nSPS) is 26.6. The van der Waals surface area contributed by atoms with Crippen molar-refractivity contribution in [2.75, 3.05) is 12.3 Å². The summed E-state index contributed by atoms with van der Waals surface area (Å²) in [6.07, 6.45) is -1.84. The summed E-state index contributed by atoms with van der Waals surface area (Å²) in [4.78, 5) is 45.5. The van der Waals surface area contributed by atoms with Gasteiger partial charge in [-0.2, -0.15) is 4.31 Å². The van der Waals surface area contributed by atoms with Crippen molar-refractivity contribution in [2.45, 2.75) is 31.0 Å². The van der Waals surface area contributed by atoms with Crippen LogP contribution < -0.4 is 11.6 Å². The van der Waals surface area contributed by atoms with Gasteiger partial charge in [0.2, 0.25) is 6.41 Å². The van der Waals surface area contributed by atoms with E-state index in [1.165, 1.54) is 17.7 Å². The summed E-state index contributed by atoms with van der Waals surface area (Å²) >= 11 is 0. The van der Waals surface area contributed by atoms with Crippen LogP contribution in [0, 0.1) is 12.0 Å². The fourth-order valence-corrected chi connectivity index (χ4v) is 4.84. The molecule has 1 saturated heterocycles. The van der Waals surface area contributed by atoms with E-state index in [-0.39, 0.29) is 28.8 Å². The summed E-state index contributed by atoms with van der Waals surface area (Å²) in [6, 6.07) is 2.33. The van der Waals surface area contributed by atoms with Gasteiger partial charge >= 0.3 is 15.6 Å². The molecule has 186 valence electrons. The maximum atomic E-state index is 11.7. The second-order valence-electron chi connectivity index (χ2n) is 7.19. The van der Waals surface area contributed by atoms with Crippen LogP contribution in [0.1, 0.15) is 18.7 Å². The fraction of sp³-hybridized carbons (Fsp3) is 0.400. The first-order chi connectivity index (χ1) is 15.7. The number of nitrogens with two attached hydrogens (primary N) is 2. The lowest BCUT2D eigenvalue weighted by molar-refractivity contribution is -0.115. The number of anilines is 1. The summed E-state index contributed by atoms with van der Waals surface area (Å²) in [5, 5.41) is 22.2. The summed E-state index contributed by atoms with van der Waals surface area (Å²) in [5.74, 6) is 7.92. The number of phosphoric acid groups is 2. The van der Waals surface area contributed by atoms with Gasteiger partial charge in [0.1, 0.15) is 35.6 Å². The number of rotatable bonds is 7. The van der Waals surface area contributed by atoms with E-state index in [4.69, 9.17) is 26.1 Å². The Balaban J connectivity index is 1.95. The standard InChI is InChI=1S/C15H20N6O11P2/c1-15(24)11(23)9(5-30-34(28,29)32-33(25,26)27)31-14(15)21-4-8(2-3-20(17)7-22)10-12(16)18-6-19-13(10)21/h4,6-7,9,11,14,23-24H,5,17H2,1H3,(H,28,29)(H2,16,18,19)(H2,25,26,27)/t9-,11-,14-,15-/m1/s1. The van der Waals surface area contributed by atoms with Gasteiger partial charge in [-0.05, 0) is 12.8 Å². The third kappa shape index (κ3) is 5.44. The number of aliphatic hydroxyl groups excluding tert-OH is 1. The van der Waals surface area contributed by atoms with Crippen LogP contribution in [0.15, 0.2) is 12.5 Å². The molecular formula is C15H20N6O11P2. The summed E-state index contributed by atoms with van der Waals surface area (Å²) in [5.41, 5.74) is 4.18. The third-order valence-electron chi connectivity index (χ3n) is 4.69. The number of amides is 1. The molecule has 34 heavy (non-hydrogen) atoms. The minimum Gasteiger partial charge on any atom is -0.387 e. The molecule has 1 fully saturated rings. The summed E-state index contributed by atoms with van der Waals surface area (Å²) < 4.78 is 37.5. The highest BCUT2D eigenvalue weighted by molar-refractivity contribution is 7.60. The molecule has 19 heteroatoms. The Morgan fingerprint density at radius 2 is 2.06 bits per heavy atom. The minimum absolute atomic E-state index is 0.00315. The first-order valence-electron chi connectivity index (χ1n) is 9.08. The van der Waals surface area contributed by atoms with E-state index in [1.54, 1.807) is 0 Å². The number of hydrazine groups is 1. The molecule has 1 amide bonds. The zero-order valence-electron chi connectivity index (χ0n) is 17.2. The van der Waals surface area contributed by atoms with E-state index < -0.39 is 46.3 Å². The van der Waals surface area contributed by atoms with Gasteiger partial charge in [-0.15, -0.1) is 0 Å². The van der Waals surface area contributed by atoms with Crippen LogP contribution in [0.5, 0.6) is 0 Å².